The molecule has 17 heavy (non-hydrogen) atoms. The van der Waals surface area contributed by atoms with E-state index >= 15 is 0 Å². The number of hydrogen-bond donors (Lipinski definition) is 0. The lowest BCUT2D eigenvalue weighted by molar-refractivity contribution is 1.31. The average Bonchev–Trinajstić information content (AvgIpc) is 3.00. The van der Waals surface area contributed by atoms with Gasteiger partial charge in [0.2, 0.25) is 0 Å². The predicted octanol–water partition coefficient (Wildman–Crippen LogP) is 5.44. The van der Waals surface area contributed by atoms with Gasteiger partial charge in [-0.25, -0.2) is 0 Å². The van der Waals surface area contributed by atoms with Crippen LogP contribution < -0.4 is 0 Å². The van der Waals surface area contributed by atoms with Crippen LogP contribution in [0, 0.1) is 6.92 Å². The third kappa shape index (κ3) is 2.51. The van der Waals surface area contributed by atoms with Gasteiger partial charge in [0.05, 0.1) is 0 Å². The fraction of sp³-hybridized carbons (Fsp3) is 0.143. The molecule has 3 rings (SSSR count). The Morgan fingerprint density at radius 3 is 2.41 bits per heavy atom. The molecule has 0 atom stereocenters. The fourth-order valence-electron chi connectivity index (χ4n) is 1.78. The summed E-state index contributed by atoms with van der Waals surface area (Å²) in [5.41, 5.74) is 0. The van der Waals surface area contributed by atoms with E-state index in [1.165, 1.54) is 24.4 Å². The summed E-state index contributed by atoms with van der Waals surface area (Å²) in [5.74, 6) is 0. The molecule has 0 amide bonds. The van der Waals surface area contributed by atoms with E-state index in [9.17, 15) is 0 Å². The lowest BCUT2D eigenvalue weighted by Gasteiger charge is -1.92. The first kappa shape index (κ1) is 11.2. The second-order valence-electron chi connectivity index (χ2n) is 3.93. The van der Waals surface area contributed by atoms with Gasteiger partial charge < -0.3 is 0 Å². The van der Waals surface area contributed by atoms with Crippen LogP contribution in [-0.2, 0) is 6.42 Å². The first-order chi connectivity index (χ1) is 8.31. The molecular weight excluding hydrogens is 264 g/mol. The number of aryl methyl sites for hydroxylation is 1. The van der Waals surface area contributed by atoms with Crippen molar-refractivity contribution in [1.29, 1.82) is 0 Å². The summed E-state index contributed by atoms with van der Waals surface area (Å²) in [7, 11) is 0. The molecule has 0 aliphatic heterocycles. The number of thiophene rings is 3. The summed E-state index contributed by atoms with van der Waals surface area (Å²) in [6, 6.07) is 13.2. The Bertz CT molecular complexity index is 599. The van der Waals surface area contributed by atoms with Crippen LogP contribution in [0.15, 0.2) is 41.8 Å². The zero-order valence-electron chi connectivity index (χ0n) is 9.47. The minimum atomic E-state index is 1.08. The highest BCUT2D eigenvalue weighted by Gasteiger charge is 2.05. The van der Waals surface area contributed by atoms with E-state index in [1.807, 2.05) is 34.0 Å². The van der Waals surface area contributed by atoms with Crippen molar-refractivity contribution in [2.24, 2.45) is 0 Å². The van der Waals surface area contributed by atoms with Gasteiger partial charge in [0.25, 0.3) is 0 Å². The van der Waals surface area contributed by atoms with Gasteiger partial charge in [-0.3, -0.25) is 0 Å². The quantitative estimate of drug-likeness (QED) is 0.597. The van der Waals surface area contributed by atoms with Crippen LogP contribution in [0.5, 0.6) is 0 Å². The fourth-order valence-corrected chi connectivity index (χ4v) is 4.65. The summed E-state index contributed by atoms with van der Waals surface area (Å²) in [4.78, 5) is 7.08. The Morgan fingerprint density at radius 2 is 1.71 bits per heavy atom. The first-order valence-electron chi connectivity index (χ1n) is 5.49. The minimum absolute atomic E-state index is 1.08. The minimum Gasteiger partial charge on any atom is -0.145 e. The molecule has 0 spiro atoms. The Balaban J connectivity index is 1.81. The van der Waals surface area contributed by atoms with Crippen molar-refractivity contribution in [3.63, 3.8) is 0 Å². The Labute approximate surface area is 113 Å². The van der Waals surface area contributed by atoms with E-state index in [0.29, 0.717) is 0 Å². The maximum absolute atomic E-state index is 2.26. The molecule has 3 heterocycles. The van der Waals surface area contributed by atoms with Crippen LogP contribution in [0.4, 0.5) is 0 Å². The summed E-state index contributed by atoms with van der Waals surface area (Å²) in [5, 5.41) is 2.14. The van der Waals surface area contributed by atoms with E-state index in [0.717, 1.165) is 6.42 Å². The molecule has 0 aliphatic carbocycles. The van der Waals surface area contributed by atoms with Crippen molar-refractivity contribution in [1.82, 2.24) is 0 Å². The predicted molar refractivity (Wildman–Crippen MR) is 79.5 cm³/mol. The van der Waals surface area contributed by atoms with Crippen LogP contribution in [0.2, 0.25) is 0 Å². The topological polar surface area (TPSA) is 0 Å². The van der Waals surface area contributed by atoms with Crippen molar-refractivity contribution >= 4 is 34.0 Å². The molecule has 0 nitrogen and oxygen atoms in total. The first-order valence-corrected chi connectivity index (χ1v) is 8.00. The lowest BCUT2D eigenvalue weighted by atomic mass is 10.3. The van der Waals surface area contributed by atoms with E-state index in [4.69, 9.17) is 0 Å². The normalized spacial score (nSPS) is 10.9. The smallest absolute Gasteiger partial charge is 0.0445 e. The molecule has 0 saturated carbocycles. The highest BCUT2D eigenvalue weighted by Crippen LogP contribution is 2.33. The Hall–Kier alpha value is -0.900. The third-order valence-corrected chi connectivity index (χ3v) is 5.72. The van der Waals surface area contributed by atoms with Crippen LogP contribution in [-0.4, -0.2) is 0 Å². The summed E-state index contributed by atoms with van der Waals surface area (Å²) in [6.07, 6.45) is 1.08. The maximum atomic E-state index is 2.26. The lowest BCUT2D eigenvalue weighted by Crippen LogP contribution is -1.76. The van der Waals surface area contributed by atoms with E-state index in [-0.39, 0.29) is 0 Å². The van der Waals surface area contributed by atoms with Crippen LogP contribution >= 0.6 is 34.0 Å². The van der Waals surface area contributed by atoms with E-state index in [1.54, 1.807) is 0 Å². The number of rotatable bonds is 3. The number of hydrogen-bond acceptors (Lipinski definition) is 3. The van der Waals surface area contributed by atoms with Gasteiger partial charge in [-0.1, -0.05) is 6.07 Å². The van der Waals surface area contributed by atoms with Crippen LogP contribution in [0.1, 0.15) is 14.6 Å². The second-order valence-corrected chi connectivity index (χ2v) is 7.42. The molecule has 3 aromatic rings. The highest BCUT2D eigenvalue weighted by atomic mass is 32.1. The van der Waals surface area contributed by atoms with Crippen LogP contribution in [0.25, 0.3) is 9.75 Å². The summed E-state index contributed by atoms with van der Waals surface area (Å²) >= 11 is 5.62. The van der Waals surface area contributed by atoms with E-state index in [2.05, 4.69) is 48.7 Å². The molecule has 0 N–H and O–H groups in total. The Kier molecular flexibility index (Phi) is 3.14. The second kappa shape index (κ2) is 4.77. The molecule has 0 bridgehead atoms. The molecule has 0 aromatic carbocycles. The molecule has 3 aromatic heterocycles. The highest BCUT2D eigenvalue weighted by molar-refractivity contribution is 7.21. The van der Waals surface area contributed by atoms with Crippen molar-refractivity contribution in [2.45, 2.75) is 13.3 Å². The van der Waals surface area contributed by atoms with Crippen molar-refractivity contribution in [3.8, 4) is 9.75 Å². The third-order valence-electron chi connectivity index (χ3n) is 2.57. The Morgan fingerprint density at radius 1 is 0.882 bits per heavy atom. The standard InChI is InChI=1S/C14H12S3/c1-10-4-5-11(16-10)9-12-6-7-14(17-12)13-3-2-8-15-13/h2-8H,9H2,1H3. The van der Waals surface area contributed by atoms with Crippen molar-refractivity contribution in [3.05, 3.63) is 56.4 Å². The van der Waals surface area contributed by atoms with Gasteiger partial charge in [0, 0.05) is 30.8 Å². The van der Waals surface area contributed by atoms with Crippen LogP contribution in [0.3, 0.4) is 0 Å². The van der Waals surface area contributed by atoms with Crippen molar-refractivity contribution < 1.29 is 0 Å². The molecule has 0 unspecified atom stereocenters. The molecule has 0 radical (unpaired) electrons. The van der Waals surface area contributed by atoms with Crippen molar-refractivity contribution in [2.75, 3.05) is 0 Å². The van der Waals surface area contributed by atoms with E-state index < -0.39 is 0 Å². The summed E-state index contributed by atoms with van der Waals surface area (Å²) < 4.78 is 0. The molecule has 0 fully saturated rings. The maximum Gasteiger partial charge on any atom is 0.0445 e. The van der Waals surface area contributed by atoms with Gasteiger partial charge in [-0.15, -0.1) is 34.0 Å². The van der Waals surface area contributed by atoms with Gasteiger partial charge in [0.15, 0.2) is 0 Å². The van der Waals surface area contributed by atoms with Gasteiger partial charge >= 0.3 is 0 Å². The molecule has 0 aliphatic rings. The van der Waals surface area contributed by atoms with Gasteiger partial charge in [0.1, 0.15) is 0 Å². The monoisotopic (exact) mass is 276 g/mol. The van der Waals surface area contributed by atoms with Gasteiger partial charge in [-0.05, 0) is 42.6 Å². The molecule has 3 heteroatoms. The SMILES string of the molecule is Cc1ccc(Cc2ccc(-c3cccs3)s2)s1. The van der Waals surface area contributed by atoms with Gasteiger partial charge in [-0.2, -0.15) is 0 Å². The molecular formula is C14H12S3. The zero-order valence-corrected chi connectivity index (χ0v) is 11.9. The molecule has 86 valence electrons. The zero-order chi connectivity index (χ0) is 11.7. The summed E-state index contributed by atoms with van der Waals surface area (Å²) in [6.45, 7) is 2.17. The molecule has 0 saturated heterocycles. The average molecular weight is 276 g/mol. The largest absolute Gasteiger partial charge is 0.145 e.